The van der Waals surface area contributed by atoms with E-state index in [-0.39, 0.29) is 17.4 Å². The molecule has 1 atom stereocenters. The van der Waals surface area contributed by atoms with Crippen molar-refractivity contribution in [3.05, 3.63) is 40.0 Å². The molecule has 2 rings (SSSR count). The van der Waals surface area contributed by atoms with Gasteiger partial charge in [0.2, 0.25) is 5.89 Å². The molecule has 1 aromatic heterocycles. The Morgan fingerprint density at radius 3 is 2.50 bits per heavy atom. The lowest BCUT2D eigenvalue weighted by Gasteiger charge is -2.15. The number of nitro benzene ring substituents is 1. The van der Waals surface area contributed by atoms with Crippen molar-refractivity contribution >= 4 is 21.2 Å². The Bertz CT molecular complexity index is 926. The number of halogens is 3. The molecule has 1 aromatic carbocycles. The minimum Gasteiger partial charge on any atom is -0.369 e. The van der Waals surface area contributed by atoms with Crippen LogP contribution in [0, 0.1) is 17.0 Å². The van der Waals surface area contributed by atoms with Crippen LogP contribution >= 0.6 is 0 Å². The van der Waals surface area contributed by atoms with E-state index < -0.39 is 36.9 Å². The van der Waals surface area contributed by atoms with E-state index in [1.54, 1.807) is 13.8 Å². The van der Waals surface area contributed by atoms with Crippen molar-refractivity contribution in [3.8, 4) is 0 Å². The third-order valence-electron chi connectivity index (χ3n) is 3.37. The predicted octanol–water partition coefficient (Wildman–Crippen LogP) is 3.14. The summed E-state index contributed by atoms with van der Waals surface area (Å²) in [4.78, 5) is 13.0. The molecule has 0 bridgehead atoms. The lowest BCUT2D eigenvalue weighted by atomic mass is 10.2. The van der Waals surface area contributed by atoms with Crippen molar-refractivity contribution in [1.29, 1.82) is 0 Å². The summed E-state index contributed by atoms with van der Waals surface area (Å²) in [5.74, 6) is 0.465. The Kier molecular flexibility index (Phi) is 5.21. The molecule has 0 saturated heterocycles. The molecule has 0 spiro atoms. The standard InChI is InChI=1S/C13H13F3N4O5S/c1-3-9(12-17-7(2)25-19-12)18-10-5-4-8(6-11(10)20(21)22)26(23,24)13(14,15)16/h4-6,9,18H,3H2,1-2H3. The van der Waals surface area contributed by atoms with Gasteiger partial charge in [-0.25, -0.2) is 8.42 Å². The van der Waals surface area contributed by atoms with Crippen LogP contribution in [0.2, 0.25) is 0 Å². The van der Waals surface area contributed by atoms with Crippen LogP contribution in [0.3, 0.4) is 0 Å². The maximum absolute atomic E-state index is 12.6. The van der Waals surface area contributed by atoms with Gasteiger partial charge in [-0.05, 0) is 18.6 Å². The Morgan fingerprint density at radius 2 is 2.04 bits per heavy atom. The zero-order chi connectivity index (χ0) is 19.7. The average Bonchev–Trinajstić information content (AvgIpc) is 2.97. The minimum absolute atomic E-state index is 0.176. The van der Waals surface area contributed by atoms with Gasteiger partial charge in [-0.2, -0.15) is 18.2 Å². The van der Waals surface area contributed by atoms with E-state index in [2.05, 4.69) is 15.5 Å². The maximum Gasteiger partial charge on any atom is 0.501 e. The first-order chi connectivity index (χ1) is 12.0. The highest BCUT2D eigenvalue weighted by Gasteiger charge is 2.47. The molecular weight excluding hydrogens is 381 g/mol. The van der Waals surface area contributed by atoms with Gasteiger partial charge < -0.3 is 9.84 Å². The molecule has 26 heavy (non-hydrogen) atoms. The number of hydrogen-bond donors (Lipinski definition) is 1. The summed E-state index contributed by atoms with van der Waals surface area (Å²) in [7, 11) is -5.70. The highest BCUT2D eigenvalue weighted by Crippen LogP contribution is 2.36. The summed E-state index contributed by atoms with van der Waals surface area (Å²) in [6.07, 6.45) is 0.374. The molecule has 13 heteroatoms. The van der Waals surface area contributed by atoms with Crippen molar-refractivity contribution < 1.29 is 31.0 Å². The van der Waals surface area contributed by atoms with Crippen LogP contribution in [-0.2, 0) is 9.84 Å². The van der Waals surface area contributed by atoms with E-state index >= 15 is 0 Å². The van der Waals surface area contributed by atoms with E-state index in [9.17, 15) is 31.7 Å². The topological polar surface area (TPSA) is 128 Å². The third kappa shape index (κ3) is 3.76. The van der Waals surface area contributed by atoms with Gasteiger partial charge in [0.25, 0.3) is 15.5 Å². The second-order valence-corrected chi connectivity index (χ2v) is 7.10. The van der Waals surface area contributed by atoms with Gasteiger partial charge >= 0.3 is 5.51 Å². The van der Waals surface area contributed by atoms with E-state index in [0.717, 1.165) is 6.07 Å². The zero-order valence-corrected chi connectivity index (χ0v) is 14.3. The van der Waals surface area contributed by atoms with Crippen LogP contribution in [0.25, 0.3) is 0 Å². The number of nitrogens with zero attached hydrogens (tertiary/aromatic N) is 3. The molecule has 1 heterocycles. The van der Waals surface area contributed by atoms with Crippen molar-refractivity contribution in [2.75, 3.05) is 5.32 Å². The van der Waals surface area contributed by atoms with E-state index in [0.29, 0.717) is 18.6 Å². The van der Waals surface area contributed by atoms with Gasteiger partial charge in [-0.3, -0.25) is 10.1 Å². The molecule has 0 aliphatic heterocycles. The fourth-order valence-corrected chi connectivity index (χ4v) is 2.86. The van der Waals surface area contributed by atoms with E-state index in [1.165, 1.54) is 0 Å². The number of aromatic nitrogens is 2. The fraction of sp³-hybridized carbons (Fsp3) is 0.385. The van der Waals surface area contributed by atoms with Crippen molar-refractivity contribution in [2.24, 2.45) is 0 Å². The second-order valence-electron chi connectivity index (χ2n) is 5.16. The minimum atomic E-state index is -5.70. The van der Waals surface area contributed by atoms with Crippen LogP contribution in [0.4, 0.5) is 24.5 Å². The molecule has 1 unspecified atom stereocenters. The first-order valence-electron chi connectivity index (χ1n) is 7.14. The molecule has 0 aliphatic rings. The van der Waals surface area contributed by atoms with Gasteiger partial charge in [0.15, 0.2) is 5.82 Å². The smallest absolute Gasteiger partial charge is 0.369 e. The Balaban J connectivity index is 2.45. The van der Waals surface area contributed by atoms with Crippen LogP contribution in [-0.4, -0.2) is 29.0 Å². The Labute approximate surface area is 145 Å². The number of rotatable bonds is 6. The quantitative estimate of drug-likeness (QED) is 0.584. The summed E-state index contributed by atoms with van der Waals surface area (Å²) < 4.78 is 65.6. The number of anilines is 1. The highest BCUT2D eigenvalue weighted by molar-refractivity contribution is 7.92. The van der Waals surface area contributed by atoms with Crippen LogP contribution in [0.5, 0.6) is 0 Å². The largest absolute Gasteiger partial charge is 0.501 e. The number of benzene rings is 1. The first kappa shape index (κ1) is 19.6. The van der Waals surface area contributed by atoms with Crippen molar-refractivity contribution in [3.63, 3.8) is 0 Å². The fourth-order valence-electron chi connectivity index (χ4n) is 2.08. The summed E-state index contributed by atoms with van der Waals surface area (Å²) in [6.45, 7) is 3.26. The predicted molar refractivity (Wildman–Crippen MR) is 82.0 cm³/mol. The summed E-state index contributed by atoms with van der Waals surface area (Å²) >= 11 is 0. The lowest BCUT2D eigenvalue weighted by Crippen LogP contribution is -2.23. The second kappa shape index (κ2) is 6.90. The Morgan fingerprint density at radius 1 is 1.38 bits per heavy atom. The van der Waals surface area contributed by atoms with Crippen LogP contribution < -0.4 is 5.32 Å². The van der Waals surface area contributed by atoms with Gasteiger partial charge in [-0.1, -0.05) is 12.1 Å². The van der Waals surface area contributed by atoms with Gasteiger partial charge in [-0.15, -0.1) is 0 Å². The molecule has 0 aliphatic carbocycles. The molecule has 0 radical (unpaired) electrons. The molecular formula is C13H13F3N4O5S. The summed E-state index contributed by atoms with van der Waals surface area (Å²) in [6, 6.07) is 1.27. The van der Waals surface area contributed by atoms with Crippen molar-refractivity contribution in [2.45, 2.75) is 36.7 Å². The number of alkyl halides is 3. The number of hydrogen-bond acceptors (Lipinski definition) is 8. The molecule has 0 fully saturated rings. The average molecular weight is 394 g/mol. The van der Waals surface area contributed by atoms with E-state index in [1.807, 2.05) is 0 Å². The zero-order valence-electron chi connectivity index (χ0n) is 13.4. The molecule has 0 amide bonds. The van der Waals surface area contributed by atoms with Gasteiger partial charge in [0.1, 0.15) is 5.69 Å². The molecule has 2 aromatic rings. The first-order valence-corrected chi connectivity index (χ1v) is 8.62. The number of nitro groups is 1. The van der Waals surface area contributed by atoms with Gasteiger partial charge in [0, 0.05) is 13.0 Å². The van der Waals surface area contributed by atoms with Crippen LogP contribution in [0.1, 0.15) is 31.1 Å². The number of sulfone groups is 1. The third-order valence-corrected chi connectivity index (χ3v) is 4.86. The van der Waals surface area contributed by atoms with Crippen molar-refractivity contribution in [1.82, 2.24) is 10.1 Å². The molecule has 1 N–H and O–H groups in total. The monoisotopic (exact) mass is 394 g/mol. The molecule has 0 saturated carbocycles. The molecule has 9 nitrogen and oxygen atoms in total. The van der Waals surface area contributed by atoms with Crippen LogP contribution in [0.15, 0.2) is 27.6 Å². The SMILES string of the molecule is CCC(Nc1ccc(S(=O)(=O)C(F)(F)F)cc1[N+](=O)[O-])c1noc(C)n1. The lowest BCUT2D eigenvalue weighted by molar-refractivity contribution is -0.384. The summed E-state index contributed by atoms with van der Waals surface area (Å²) in [5.41, 5.74) is -6.57. The highest BCUT2D eigenvalue weighted by atomic mass is 32.2. The molecule has 142 valence electrons. The normalized spacial score (nSPS) is 13.4. The van der Waals surface area contributed by atoms with E-state index in [4.69, 9.17) is 4.52 Å². The van der Waals surface area contributed by atoms with Gasteiger partial charge in [0.05, 0.1) is 15.9 Å². The maximum atomic E-state index is 12.6. The number of aryl methyl sites for hydroxylation is 1. The number of nitrogens with one attached hydrogen (secondary N) is 1. The Hall–Kier alpha value is -2.70. The summed E-state index contributed by atoms with van der Waals surface area (Å²) in [5, 5.41) is 17.6.